The van der Waals surface area contributed by atoms with E-state index in [4.69, 9.17) is 84.7 Å². The summed E-state index contributed by atoms with van der Waals surface area (Å²) < 4.78 is 54.5. The van der Waals surface area contributed by atoms with E-state index in [1.54, 1.807) is 47.6 Å². The summed E-state index contributed by atoms with van der Waals surface area (Å²) in [6.45, 7) is 17.9. The van der Waals surface area contributed by atoms with Crippen molar-refractivity contribution in [3.8, 4) is 0 Å². The van der Waals surface area contributed by atoms with Crippen LogP contribution in [-0.4, -0.2) is 195 Å². The maximum Gasteiger partial charge on any atom is 2.00 e. The summed E-state index contributed by atoms with van der Waals surface area (Å²) >= 11 is 0. The Kier molecular flexibility index (Phi) is 26.0. The van der Waals surface area contributed by atoms with E-state index in [2.05, 4.69) is 46.5 Å². The van der Waals surface area contributed by atoms with E-state index >= 15 is 0 Å². The number of fused-ring (bicyclic) bond motifs is 8. The predicted octanol–water partition coefficient (Wildman–Crippen LogP) is -0.0277. The molecule has 8 bridgehead atoms. The average molecular weight is 1670 g/mol. The van der Waals surface area contributed by atoms with Gasteiger partial charge in [-0.3, -0.25) is 76.5 Å². The summed E-state index contributed by atoms with van der Waals surface area (Å²) in [6.07, 6.45) is -7.62. The van der Waals surface area contributed by atoms with Gasteiger partial charge in [0.1, 0.15) is 36.3 Å². The molecule has 11 heterocycles. The van der Waals surface area contributed by atoms with Crippen molar-refractivity contribution in [2.45, 2.75) is 200 Å². The van der Waals surface area contributed by atoms with Gasteiger partial charge < -0.3 is 103 Å². The second-order valence-corrected chi connectivity index (χ2v) is 33.9. The van der Waals surface area contributed by atoms with Crippen LogP contribution in [-0.2, 0) is 82.3 Å². The number of phosphoric acid groups is 2. The van der Waals surface area contributed by atoms with E-state index in [1.165, 1.54) is 24.1 Å². The smallest absolute Gasteiger partial charge is 0.682 e. The Morgan fingerprint density at radius 1 is 0.708 bits per heavy atom. The van der Waals surface area contributed by atoms with Gasteiger partial charge in [-0.25, -0.2) is 29.1 Å². The third kappa shape index (κ3) is 17.5. The normalized spacial score (nSPS) is 33.4. The summed E-state index contributed by atoms with van der Waals surface area (Å²) in [5.41, 5.74) is 44.0. The number of aromatic nitrogens is 8. The van der Waals surface area contributed by atoms with Gasteiger partial charge in [-0.05, 0) is 88.0 Å². The van der Waals surface area contributed by atoms with E-state index < -0.39 is 188 Å². The van der Waals surface area contributed by atoms with Gasteiger partial charge in [-0.2, -0.15) is 15.0 Å². The van der Waals surface area contributed by atoms with Crippen molar-refractivity contribution >= 4 is 108 Å². The van der Waals surface area contributed by atoms with E-state index in [9.17, 15) is 77.7 Å². The molecule has 0 aliphatic carbocycles. The number of hydrogen-bond donors (Lipinski definition) is 16. The minimum Gasteiger partial charge on any atom is -0.682 e. The quantitative estimate of drug-likeness (QED) is 0.0251. The number of amides is 7. The Labute approximate surface area is 657 Å². The number of nitrogen functional groups attached to an aromatic ring is 2. The van der Waals surface area contributed by atoms with Crippen LogP contribution >= 0.6 is 15.6 Å². The van der Waals surface area contributed by atoms with E-state index in [-0.39, 0.29) is 110 Å². The maximum atomic E-state index is 14.3. The van der Waals surface area contributed by atoms with Gasteiger partial charge in [0.05, 0.1) is 42.7 Å². The molecule has 3 fully saturated rings. The number of aromatic amines is 1. The number of aliphatic hydroxyl groups is 4. The second-order valence-electron chi connectivity index (χ2n) is 30.9. The van der Waals surface area contributed by atoms with Crippen molar-refractivity contribution in [1.29, 1.82) is 0 Å². The summed E-state index contributed by atoms with van der Waals surface area (Å²) in [7, 11) is -11.1. The molecular weight excluding hydrogens is 1570 g/mol. The number of carbonyl (C=O) groups is 7. The number of hydrogen-bond acceptors (Lipinski definition) is 29. The first-order valence-electron chi connectivity index (χ1n) is 35.9. The van der Waals surface area contributed by atoms with Gasteiger partial charge in [-0.15, -0.1) is 0 Å². The van der Waals surface area contributed by atoms with Crippen LogP contribution in [0.25, 0.3) is 27.6 Å². The van der Waals surface area contributed by atoms with Crippen molar-refractivity contribution in [3.63, 3.8) is 0 Å². The average Bonchev–Trinajstić information content (AvgIpc) is 1.53. The Morgan fingerprint density at radius 3 is 1.88 bits per heavy atom. The number of ether oxygens (including phenoxy) is 2. The predicted molar refractivity (Wildman–Crippen MR) is 399 cm³/mol. The topological polar surface area (TPSA) is 700 Å². The summed E-state index contributed by atoms with van der Waals surface area (Å²) in [5, 5.41) is 49.3. The second kappa shape index (κ2) is 33.3. The van der Waals surface area contributed by atoms with Gasteiger partial charge >= 0.3 is 32.4 Å². The Bertz CT molecular complexity index is 4810. The molecular formula is C68H97CoN21O21P2. The molecule has 0 aromatic carbocycles. The van der Waals surface area contributed by atoms with Crippen LogP contribution in [0.4, 0.5) is 11.8 Å². The number of carbonyl (C=O) groups excluding carboxylic acids is 7. The zero-order chi connectivity index (χ0) is 82.8. The van der Waals surface area contributed by atoms with Gasteiger partial charge in [-0.1, -0.05) is 40.7 Å². The number of H-pyrrole nitrogens is 1. The van der Waals surface area contributed by atoms with Crippen molar-refractivity contribution < 1.29 is 113 Å². The van der Waals surface area contributed by atoms with Gasteiger partial charge in [0.25, 0.3) is 5.56 Å². The largest absolute Gasteiger partial charge is 2.00 e. The van der Waals surface area contributed by atoms with Crippen LogP contribution in [0.5, 0.6) is 0 Å². The first kappa shape index (κ1) is 88.3. The number of nitrogens with one attached hydrogen (secondary N) is 2. The fourth-order valence-electron chi connectivity index (χ4n) is 17.0. The summed E-state index contributed by atoms with van der Waals surface area (Å²) in [5.74, 6) is -7.90. The Balaban J connectivity index is 0.000000669. The Morgan fingerprint density at radius 2 is 1.29 bits per heavy atom. The molecule has 3 saturated heterocycles. The summed E-state index contributed by atoms with van der Waals surface area (Å²) in [6, 6.07) is -1.11. The first-order valence-corrected chi connectivity index (χ1v) is 38.9. The van der Waals surface area contributed by atoms with Crippen LogP contribution in [0, 0.1) is 52.3 Å². The molecule has 0 spiro atoms. The molecule has 7 aliphatic rings. The molecule has 0 saturated carbocycles. The molecule has 11 rings (SSSR count). The zero-order valence-electron chi connectivity index (χ0n) is 63.4. The number of nitrogens with zero attached hydrogens (tertiary/aromatic N) is 11. The molecule has 20 atom stereocenters. The van der Waals surface area contributed by atoms with Crippen LogP contribution in [0.3, 0.4) is 0 Å². The number of rotatable bonds is 29. The fraction of sp³-hybridized carbons (Fsp3) is 0.603. The standard InChI is InChI=1S/C58H86N16O18P2.C10H12N5O3.Co/c1-25(91-94(87,88)92-93(85,86)89-23-33-45(82)46(83)52(90-33)74-24-67-44-50(74)71-53(65)72-51(44)84)22-66-41(81)16-17-55(6)31(18-38(62)78)49-58(9)57(8,21-40(64)80)30(12-15-37(61)77)43(73-58)27(3)48-56(7,20-39(63)79)28(10-13-35(59)75)32(68-48)19-34-54(4,5)29(11-14-36(60)76)42(69-34)26(2)47(55)70-49;1-4-6(16)7(17)10(18-4)15-3-14-5-8(11)12-2-13-9(5)15;/h19,24-25,28-31,33,45-46,49,52,82-83H,10-18,20-23H2,1-9H3,(H19,59,60,61,62,63,64,65,66,68,69,70,71,72,73,75,76,77,78,79,80,81,84,85,86,87,88);2-4,6-7,10,16-17H,1H2,(H2,11,12,13);/q;-1;+2/p-1/t25?,28-,29-,30-,31+,33-,45-,46-,49?,52-,55-,56+,57+,58+;4-,6-,7-,10-;/m11./s1. The number of anilines is 2. The number of nitrogens with two attached hydrogens (primary N) is 8. The van der Waals surface area contributed by atoms with Crippen LogP contribution in [0.1, 0.15) is 145 Å². The molecule has 24 N–H and O–H groups in total. The van der Waals surface area contributed by atoms with E-state index in [0.717, 1.165) is 10.9 Å². The van der Waals surface area contributed by atoms with E-state index in [0.29, 0.717) is 56.5 Å². The molecule has 113 heavy (non-hydrogen) atoms. The van der Waals surface area contributed by atoms with Gasteiger partial charge in [0.2, 0.25) is 47.3 Å². The third-order valence-electron chi connectivity index (χ3n) is 22.9. The summed E-state index contributed by atoms with van der Waals surface area (Å²) in [4.78, 5) is 165. The van der Waals surface area contributed by atoms with Crippen molar-refractivity contribution in [2.75, 3.05) is 24.6 Å². The van der Waals surface area contributed by atoms with Crippen LogP contribution in [0.2, 0.25) is 0 Å². The SMILES string of the molecule is C/C1=C2/[N-]C([C@H](CC(N)=O)[C@@]2(C)CCC(=O)NCC(C)OP(=O)(O)OP(=O)(O)OC[C@H]2O[C@@H](n3cnc4c(=O)[nH]c(N)nc43)[C@H](O)[C@@H]2O)[C@]2(C)N=C(/C(C)=C3N=C(/C=C4N=C1[C@@H](CCC(N)=O)C\4(C)C)[C@@H](CCC(N)=O)[C@]\3(C)CC(N)=O)[C@@H](CCC(N)=O)[C@]2(C)CC(N)=O.[CH2-][C@H]1O[C@@H](n2cnc3c(N)ncnc32)[C@H](O)[C@@H]1O.[Co+2]. The van der Waals surface area contributed by atoms with Gasteiger partial charge in [0, 0.05) is 108 Å². The molecule has 42 nitrogen and oxygen atoms in total. The molecule has 7 amide bonds. The van der Waals surface area contributed by atoms with Crippen LogP contribution in [0.15, 0.2) is 73.1 Å². The van der Waals surface area contributed by atoms with Gasteiger partial charge in [0.15, 0.2) is 35.1 Å². The molecule has 45 heteroatoms. The van der Waals surface area contributed by atoms with Crippen LogP contribution < -0.4 is 56.7 Å². The van der Waals surface area contributed by atoms with E-state index in [1.807, 2.05) is 13.8 Å². The van der Waals surface area contributed by atoms with Crippen molar-refractivity contribution in [1.82, 2.24) is 44.4 Å². The minimum absolute atomic E-state index is 0. The number of imidazole rings is 2. The molecule has 4 aromatic rings. The maximum absolute atomic E-state index is 14.3. The minimum atomic E-state index is -5.56. The number of phosphoric ester groups is 2. The number of allylic oxidation sites excluding steroid dienone is 6. The number of primary amides is 6. The molecule has 7 aliphatic heterocycles. The fourth-order valence-corrected chi connectivity index (χ4v) is 19.3. The number of aliphatic imine (C=N–C) groups is 3. The third-order valence-corrected chi connectivity index (χ3v) is 25.7. The van der Waals surface area contributed by atoms with Crippen molar-refractivity contribution in [2.24, 2.45) is 94.7 Å². The monoisotopic (exact) mass is 1660 g/mol. The number of aliphatic hydroxyl groups excluding tert-OH is 4. The molecule has 4 unspecified atom stereocenters. The van der Waals surface area contributed by atoms with Crippen molar-refractivity contribution in [3.05, 3.63) is 75.9 Å². The first-order chi connectivity index (χ1) is 52.1. The Hall–Kier alpha value is -8.65. The molecule has 619 valence electrons. The molecule has 4 aromatic heterocycles. The zero-order valence-corrected chi connectivity index (χ0v) is 66.2. The molecule has 1 radical (unpaired) electrons.